The lowest BCUT2D eigenvalue weighted by atomic mass is 10.0. The maximum atomic E-state index is 12.0. The molecule has 2 aromatic rings. The lowest BCUT2D eigenvalue weighted by Gasteiger charge is -2.34. The highest BCUT2D eigenvalue weighted by atomic mass is 16.1. The first-order valence-electron chi connectivity index (χ1n) is 8.32. The van der Waals surface area contributed by atoms with Crippen molar-refractivity contribution in [2.75, 3.05) is 18.0 Å². The van der Waals surface area contributed by atoms with E-state index in [4.69, 9.17) is 0 Å². The zero-order valence-electron chi connectivity index (χ0n) is 14.0. The molecule has 122 valence electrons. The number of para-hydroxylation sites is 1. The SMILES string of the molecule is Cc1cccc2c(N3CCC[C@@H](NC(=O)C(C)C)C3)ncnc12. The smallest absolute Gasteiger partial charge is 0.222 e. The number of rotatable bonds is 3. The predicted molar refractivity (Wildman–Crippen MR) is 92.5 cm³/mol. The van der Waals surface area contributed by atoms with Gasteiger partial charge in [-0.05, 0) is 31.4 Å². The molecule has 1 aliphatic heterocycles. The van der Waals surface area contributed by atoms with Gasteiger partial charge in [-0.25, -0.2) is 9.97 Å². The Hall–Kier alpha value is -2.17. The number of benzene rings is 1. The van der Waals surface area contributed by atoms with Crippen molar-refractivity contribution in [1.82, 2.24) is 15.3 Å². The molecule has 3 rings (SSSR count). The Morgan fingerprint density at radius 1 is 1.35 bits per heavy atom. The topological polar surface area (TPSA) is 58.1 Å². The van der Waals surface area contributed by atoms with Gasteiger partial charge in [-0.3, -0.25) is 4.79 Å². The molecule has 5 heteroatoms. The summed E-state index contributed by atoms with van der Waals surface area (Å²) in [5.41, 5.74) is 2.17. The van der Waals surface area contributed by atoms with E-state index in [1.54, 1.807) is 6.33 Å². The first-order valence-corrected chi connectivity index (χ1v) is 8.32. The molecule has 1 aliphatic rings. The summed E-state index contributed by atoms with van der Waals surface area (Å²) in [5.74, 6) is 1.12. The standard InChI is InChI=1S/C18H24N4O/c1-12(2)18(23)21-14-7-5-9-22(10-14)17-15-8-4-6-13(3)16(15)19-11-20-17/h4,6,8,11-12,14H,5,7,9-10H2,1-3H3,(H,21,23)/t14-/m1/s1. The molecule has 0 bridgehead atoms. The number of carbonyl (C=O) groups excluding carboxylic acids is 1. The zero-order valence-corrected chi connectivity index (χ0v) is 14.0. The van der Waals surface area contributed by atoms with Crippen LogP contribution in [-0.4, -0.2) is 35.0 Å². The molecule has 0 unspecified atom stereocenters. The van der Waals surface area contributed by atoms with Gasteiger partial charge in [0.15, 0.2) is 0 Å². The van der Waals surface area contributed by atoms with E-state index in [-0.39, 0.29) is 17.9 Å². The molecule has 5 nitrogen and oxygen atoms in total. The third kappa shape index (κ3) is 3.28. The van der Waals surface area contributed by atoms with Crippen LogP contribution < -0.4 is 10.2 Å². The second kappa shape index (κ2) is 6.52. The van der Waals surface area contributed by atoms with Crippen LogP contribution in [0.5, 0.6) is 0 Å². The predicted octanol–water partition coefficient (Wildman–Crippen LogP) is 2.68. The number of nitrogens with one attached hydrogen (secondary N) is 1. The van der Waals surface area contributed by atoms with Crippen LogP contribution in [0.15, 0.2) is 24.5 Å². The van der Waals surface area contributed by atoms with Crippen LogP contribution in [0, 0.1) is 12.8 Å². The number of hydrogen-bond donors (Lipinski definition) is 1. The summed E-state index contributed by atoms with van der Waals surface area (Å²) in [7, 11) is 0. The van der Waals surface area contributed by atoms with Gasteiger partial charge in [-0.15, -0.1) is 0 Å². The maximum absolute atomic E-state index is 12.0. The Morgan fingerprint density at radius 2 is 2.17 bits per heavy atom. The molecular formula is C18H24N4O. The first kappa shape index (κ1) is 15.7. The molecule has 1 amide bonds. The Bertz CT molecular complexity index is 713. The molecule has 2 heterocycles. The fourth-order valence-electron chi connectivity index (χ4n) is 3.13. The summed E-state index contributed by atoms with van der Waals surface area (Å²) in [4.78, 5) is 23.2. The number of anilines is 1. The molecule has 0 saturated carbocycles. The number of aromatic nitrogens is 2. The minimum Gasteiger partial charge on any atom is -0.354 e. The third-order valence-corrected chi connectivity index (χ3v) is 4.44. The van der Waals surface area contributed by atoms with Gasteiger partial charge in [0.1, 0.15) is 12.1 Å². The summed E-state index contributed by atoms with van der Waals surface area (Å²) in [6.07, 6.45) is 3.72. The molecule has 1 fully saturated rings. The number of piperidine rings is 1. The average Bonchev–Trinajstić information content (AvgIpc) is 2.55. The monoisotopic (exact) mass is 312 g/mol. The van der Waals surface area contributed by atoms with Crippen molar-refractivity contribution in [2.24, 2.45) is 5.92 Å². The molecule has 23 heavy (non-hydrogen) atoms. The van der Waals surface area contributed by atoms with Crippen LogP contribution in [-0.2, 0) is 4.79 Å². The number of amides is 1. The second-order valence-corrected chi connectivity index (χ2v) is 6.62. The number of hydrogen-bond acceptors (Lipinski definition) is 4. The highest BCUT2D eigenvalue weighted by Crippen LogP contribution is 2.27. The van der Waals surface area contributed by atoms with E-state index in [2.05, 4.69) is 39.2 Å². The van der Waals surface area contributed by atoms with Crippen molar-refractivity contribution in [3.05, 3.63) is 30.1 Å². The lowest BCUT2D eigenvalue weighted by molar-refractivity contribution is -0.124. The van der Waals surface area contributed by atoms with E-state index < -0.39 is 0 Å². The number of nitrogens with zero attached hydrogens (tertiary/aromatic N) is 3. The van der Waals surface area contributed by atoms with Crippen LogP contribution in [0.2, 0.25) is 0 Å². The van der Waals surface area contributed by atoms with E-state index in [9.17, 15) is 4.79 Å². The highest BCUT2D eigenvalue weighted by molar-refractivity contribution is 5.91. The van der Waals surface area contributed by atoms with Gasteiger partial charge in [0.2, 0.25) is 5.91 Å². The summed E-state index contributed by atoms with van der Waals surface area (Å²) in [5, 5.41) is 4.24. The summed E-state index contributed by atoms with van der Waals surface area (Å²) in [6, 6.07) is 6.38. The third-order valence-electron chi connectivity index (χ3n) is 4.44. The molecule has 0 radical (unpaired) electrons. The van der Waals surface area contributed by atoms with Gasteiger partial charge in [0, 0.05) is 30.4 Å². The van der Waals surface area contributed by atoms with Crippen molar-refractivity contribution >= 4 is 22.6 Å². The summed E-state index contributed by atoms with van der Waals surface area (Å²) >= 11 is 0. The van der Waals surface area contributed by atoms with E-state index in [1.165, 1.54) is 0 Å². The van der Waals surface area contributed by atoms with Gasteiger partial charge in [-0.1, -0.05) is 26.0 Å². The van der Waals surface area contributed by atoms with E-state index in [1.807, 2.05) is 19.9 Å². The number of aryl methyl sites for hydroxylation is 1. The maximum Gasteiger partial charge on any atom is 0.222 e. The molecule has 1 aromatic carbocycles. The molecule has 1 aromatic heterocycles. The minimum absolute atomic E-state index is 0.0212. The first-order chi connectivity index (χ1) is 11.1. The zero-order chi connectivity index (χ0) is 16.4. The lowest BCUT2D eigenvalue weighted by Crippen LogP contribution is -2.49. The Morgan fingerprint density at radius 3 is 2.96 bits per heavy atom. The average molecular weight is 312 g/mol. The number of fused-ring (bicyclic) bond motifs is 1. The summed E-state index contributed by atoms with van der Waals surface area (Å²) < 4.78 is 0. The fraction of sp³-hybridized carbons (Fsp3) is 0.500. The van der Waals surface area contributed by atoms with E-state index in [0.29, 0.717) is 0 Å². The van der Waals surface area contributed by atoms with Crippen LogP contribution in [0.4, 0.5) is 5.82 Å². The van der Waals surface area contributed by atoms with Crippen LogP contribution in [0.1, 0.15) is 32.3 Å². The second-order valence-electron chi connectivity index (χ2n) is 6.62. The molecular weight excluding hydrogens is 288 g/mol. The van der Waals surface area contributed by atoms with Crippen molar-refractivity contribution in [1.29, 1.82) is 0 Å². The van der Waals surface area contributed by atoms with Crippen LogP contribution in [0.3, 0.4) is 0 Å². The fourth-order valence-corrected chi connectivity index (χ4v) is 3.13. The van der Waals surface area contributed by atoms with Gasteiger partial charge in [0.25, 0.3) is 0 Å². The van der Waals surface area contributed by atoms with Crippen molar-refractivity contribution in [2.45, 2.75) is 39.7 Å². The van der Waals surface area contributed by atoms with Gasteiger partial charge in [0.05, 0.1) is 5.52 Å². The molecule has 1 N–H and O–H groups in total. The van der Waals surface area contributed by atoms with Crippen LogP contribution >= 0.6 is 0 Å². The van der Waals surface area contributed by atoms with E-state index >= 15 is 0 Å². The number of carbonyl (C=O) groups is 1. The highest BCUT2D eigenvalue weighted by Gasteiger charge is 2.24. The molecule has 0 aliphatic carbocycles. The largest absolute Gasteiger partial charge is 0.354 e. The van der Waals surface area contributed by atoms with Gasteiger partial charge in [-0.2, -0.15) is 0 Å². The molecule has 1 saturated heterocycles. The Kier molecular flexibility index (Phi) is 4.46. The van der Waals surface area contributed by atoms with Crippen molar-refractivity contribution in [3.8, 4) is 0 Å². The van der Waals surface area contributed by atoms with Crippen molar-refractivity contribution < 1.29 is 4.79 Å². The quantitative estimate of drug-likeness (QED) is 0.946. The molecule has 0 spiro atoms. The van der Waals surface area contributed by atoms with Crippen molar-refractivity contribution in [3.63, 3.8) is 0 Å². The minimum atomic E-state index is 0.0212. The normalized spacial score (nSPS) is 18.4. The summed E-state index contributed by atoms with van der Waals surface area (Å²) in [6.45, 7) is 7.70. The van der Waals surface area contributed by atoms with Gasteiger partial charge < -0.3 is 10.2 Å². The van der Waals surface area contributed by atoms with Gasteiger partial charge >= 0.3 is 0 Å². The van der Waals surface area contributed by atoms with E-state index in [0.717, 1.165) is 48.2 Å². The Balaban J connectivity index is 1.84. The van der Waals surface area contributed by atoms with Crippen LogP contribution in [0.25, 0.3) is 10.9 Å². The molecule has 1 atom stereocenters. The Labute approximate surface area is 137 Å².